The van der Waals surface area contributed by atoms with Crippen molar-refractivity contribution in [2.24, 2.45) is 5.84 Å². The number of hydrogen-bond acceptors (Lipinski definition) is 2. The number of nitrogens with two attached hydrogens (primary N) is 1. The van der Waals surface area contributed by atoms with Crippen molar-refractivity contribution < 1.29 is 13.6 Å². The first-order valence-corrected chi connectivity index (χ1v) is 3.18. The Morgan fingerprint density at radius 1 is 1.64 bits per heavy atom. The standard InChI is InChI=1S/C5H9F2N3O/c6-5(7)1-2-10(3-5)4(11)9-8/h1-3,8H2,(H,9,11). The molecule has 0 radical (unpaired) electrons. The Morgan fingerprint density at radius 3 is 2.64 bits per heavy atom. The minimum Gasteiger partial charge on any atom is -0.317 e. The Kier molecular flexibility index (Phi) is 1.95. The van der Waals surface area contributed by atoms with E-state index >= 15 is 0 Å². The van der Waals surface area contributed by atoms with Gasteiger partial charge in [0, 0.05) is 13.0 Å². The van der Waals surface area contributed by atoms with Crippen LogP contribution in [0.25, 0.3) is 0 Å². The van der Waals surface area contributed by atoms with Crippen LogP contribution in [0.5, 0.6) is 0 Å². The minimum atomic E-state index is -2.74. The lowest BCUT2D eigenvalue weighted by Gasteiger charge is -2.14. The SMILES string of the molecule is NNC(=O)N1CCC(F)(F)C1. The highest BCUT2D eigenvalue weighted by molar-refractivity contribution is 5.73. The van der Waals surface area contributed by atoms with E-state index in [-0.39, 0.29) is 13.0 Å². The van der Waals surface area contributed by atoms with E-state index in [9.17, 15) is 13.6 Å². The van der Waals surface area contributed by atoms with Crippen LogP contribution in [-0.2, 0) is 0 Å². The maximum Gasteiger partial charge on any atom is 0.331 e. The first-order valence-electron chi connectivity index (χ1n) is 3.18. The molecule has 2 amide bonds. The summed E-state index contributed by atoms with van der Waals surface area (Å²) in [5, 5.41) is 0. The van der Waals surface area contributed by atoms with E-state index in [1.165, 1.54) is 0 Å². The average molecular weight is 165 g/mol. The summed E-state index contributed by atoms with van der Waals surface area (Å²) in [5.74, 6) is 2.01. The molecular weight excluding hydrogens is 156 g/mol. The van der Waals surface area contributed by atoms with Crippen LogP contribution in [0, 0.1) is 0 Å². The van der Waals surface area contributed by atoms with Crippen LogP contribution in [-0.4, -0.2) is 29.9 Å². The molecule has 0 aromatic carbocycles. The van der Waals surface area contributed by atoms with Gasteiger partial charge in [0.25, 0.3) is 5.92 Å². The molecule has 0 bridgehead atoms. The van der Waals surface area contributed by atoms with Gasteiger partial charge in [0.2, 0.25) is 0 Å². The fraction of sp³-hybridized carbons (Fsp3) is 0.800. The number of carbonyl (C=O) groups excluding carboxylic acids is 1. The first kappa shape index (κ1) is 8.19. The smallest absolute Gasteiger partial charge is 0.317 e. The fourth-order valence-corrected chi connectivity index (χ4v) is 1.00. The molecule has 1 aliphatic heterocycles. The molecule has 0 spiro atoms. The number of hydrogen-bond donors (Lipinski definition) is 2. The van der Waals surface area contributed by atoms with Crippen LogP contribution < -0.4 is 11.3 Å². The van der Waals surface area contributed by atoms with Crippen molar-refractivity contribution in [3.63, 3.8) is 0 Å². The summed E-state index contributed by atoms with van der Waals surface area (Å²) < 4.78 is 24.9. The lowest BCUT2D eigenvalue weighted by atomic mass is 10.3. The van der Waals surface area contributed by atoms with Crippen LogP contribution in [0.1, 0.15) is 6.42 Å². The Bertz CT molecular complexity index is 173. The molecule has 4 nitrogen and oxygen atoms in total. The van der Waals surface area contributed by atoms with Crippen molar-refractivity contribution >= 4 is 6.03 Å². The molecule has 0 aromatic heterocycles. The highest BCUT2D eigenvalue weighted by atomic mass is 19.3. The number of halogens is 2. The number of carbonyl (C=O) groups is 1. The van der Waals surface area contributed by atoms with Crippen molar-refractivity contribution in [2.45, 2.75) is 12.3 Å². The number of nitrogens with one attached hydrogen (secondary N) is 1. The van der Waals surface area contributed by atoms with Crippen molar-refractivity contribution in [1.29, 1.82) is 0 Å². The maximum absolute atomic E-state index is 12.4. The zero-order valence-corrected chi connectivity index (χ0v) is 5.81. The monoisotopic (exact) mass is 165 g/mol. The highest BCUT2D eigenvalue weighted by Crippen LogP contribution is 2.26. The van der Waals surface area contributed by atoms with Crippen molar-refractivity contribution in [1.82, 2.24) is 10.3 Å². The zero-order chi connectivity index (χ0) is 8.48. The first-order chi connectivity index (χ1) is 5.05. The molecule has 6 heteroatoms. The molecule has 1 rings (SSSR count). The number of nitrogens with zero attached hydrogens (tertiary/aromatic N) is 1. The van der Waals surface area contributed by atoms with Gasteiger partial charge in [-0.2, -0.15) is 0 Å². The lowest BCUT2D eigenvalue weighted by molar-refractivity contribution is 0.0154. The summed E-state index contributed by atoms with van der Waals surface area (Å²) in [4.78, 5) is 11.6. The third-order valence-corrected chi connectivity index (χ3v) is 1.58. The van der Waals surface area contributed by atoms with Gasteiger partial charge in [0.15, 0.2) is 0 Å². The quantitative estimate of drug-likeness (QED) is 0.299. The normalized spacial score (nSPS) is 21.9. The molecule has 0 aromatic rings. The summed E-state index contributed by atoms with van der Waals surface area (Å²) >= 11 is 0. The maximum atomic E-state index is 12.4. The van der Waals surface area contributed by atoms with Crippen molar-refractivity contribution in [3.05, 3.63) is 0 Å². The second kappa shape index (κ2) is 2.61. The number of hydrazine groups is 1. The van der Waals surface area contributed by atoms with Crippen LogP contribution >= 0.6 is 0 Å². The van der Waals surface area contributed by atoms with Crippen molar-refractivity contribution in [2.75, 3.05) is 13.1 Å². The van der Waals surface area contributed by atoms with Gasteiger partial charge < -0.3 is 4.90 Å². The number of alkyl halides is 2. The summed E-state index contributed by atoms with van der Waals surface area (Å²) in [6.45, 7) is -0.466. The molecule has 0 unspecified atom stereocenters. The summed E-state index contributed by atoms with van der Waals surface area (Å²) in [5.41, 5.74) is 1.80. The molecule has 1 saturated heterocycles. The van der Waals surface area contributed by atoms with E-state index in [2.05, 4.69) is 0 Å². The summed E-state index contributed by atoms with van der Waals surface area (Å²) in [7, 11) is 0. The molecular formula is C5H9F2N3O. The van der Waals surface area contributed by atoms with Gasteiger partial charge in [0.05, 0.1) is 6.54 Å². The Morgan fingerprint density at radius 2 is 2.27 bits per heavy atom. The second-order valence-electron chi connectivity index (χ2n) is 2.48. The molecule has 11 heavy (non-hydrogen) atoms. The number of amides is 2. The van der Waals surface area contributed by atoms with Crippen LogP contribution in [0.3, 0.4) is 0 Å². The van der Waals surface area contributed by atoms with Gasteiger partial charge in [-0.1, -0.05) is 0 Å². The zero-order valence-electron chi connectivity index (χ0n) is 5.81. The van der Waals surface area contributed by atoms with E-state index < -0.39 is 18.5 Å². The number of urea groups is 1. The molecule has 3 N–H and O–H groups in total. The molecule has 0 saturated carbocycles. The molecule has 1 fully saturated rings. The third kappa shape index (κ3) is 1.76. The minimum absolute atomic E-state index is 0.0655. The molecule has 0 aliphatic carbocycles. The van der Waals surface area contributed by atoms with E-state index in [4.69, 9.17) is 5.84 Å². The van der Waals surface area contributed by atoms with Gasteiger partial charge in [0.1, 0.15) is 0 Å². The van der Waals surface area contributed by atoms with E-state index in [0.717, 1.165) is 4.90 Å². The molecule has 0 atom stereocenters. The largest absolute Gasteiger partial charge is 0.331 e. The Hall–Kier alpha value is -0.910. The van der Waals surface area contributed by atoms with Crippen LogP contribution in [0.15, 0.2) is 0 Å². The van der Waals surface area contributed by atoms with Gasteiger partial charge in [-0.15, -0.1) is 0 Å². The van der Waals surface area contributed by atoms with Crippen LogP contribution in [0.2, 0.25) is 0 Å². The van der Waals surface area contributed by atoms with Gasteiger partial charge in [-0.3, -0.25) is 5.43 Å². The van der Waals surface area contributed by atoms with E-state index in [0.29, 0.717) is 0 Å². The lowest BCUT2D eigenvalue weighted by Crippen LogP contribution is -2.43. The Balaban J connectivity index is 2.48. The van der Waals surface area contributed by atoms with Crippen LogP contribution in [0.4, 0.5) is 13.6 Å². The third-order valence-electron chi connectivity index (χ3n) is 1.58. The second-order valence-corrected chi connectivity index (χ2v) is 2.48. The number of likely N-dealkylation sites (tertiary alicyclic amines) is 1. The summed E-state index contributed by atoms with van der Waals surface area (Å²) in [6.07, 6.45) is -0.277. The molecule has 1 heterocycles. The van der Waals surface area contributed by atoms with Gasteiger partial charge in [-0.05, 0) is 0 Å². The van der Waals surface area contributed by atoms with Gasteiger partial charge >= 0.3 is 6.03 Å². The Labute approximate surface area is 62.3 Å². The molecule has 64 valence electrons. The predicted octanol–water partition coefficient (Wildman–Crippen LogP) is -0.0893. The fourth-order valence-electron chi connectivity index (χ4n) is 1.00. The topological polar surface area (TPSA) is 58.4 Å². The van der Waals surface area contributed by atoms with E-state index in [1.54, 1.807) is 5.43 Å². The highest BCUT2D eigenvalue weighted by Gasteiger charge is 2.40. The predicted molar refractivity (Wildman–Crippen MR) is 33.9 cm³/mol. The van der Waals surface area contributed by atoms with Crippen molar-refractivity contribution in [3.8, 4) is 0 Å². The van der Waals surface area contributed by atoms with Gasteiger partial charge in [-0.25, -0.2) is 19.4 Å². The number of rotatable bonds is 0. The summed E-state index contributed by atoms with van der Waals surface area (Å²) in [6, 6.07) is -0.651. The van der Waals surface area contributed by atoms with E-state index in [1.807, 2.05) is 0 Å². The average Bonchev–Trinajstić information content (AvgIpc) is 2.29. The molecule has 1 aliphatic rings.